The quantitative estimate of drug-likeness (QED) is 0.734. The zero-order valence-corrected chi connectivity index (χ0v) is 8.40. The van der Waals surface area contributed by atoms with Crippen molar-refractivity contribution in [3.05, 3.63) is 35.4 Å². The van der Waals surface area contributed by atoms with Crippen LogP contribution in [0.5, 0.6) is 0 Å². The standard InChI is InChI=1S/C11H12O4/c1-15-7-9-4-2-8(3-5-9)6-10(12)11(13)14/h2-5H,6-7H2,1H3,(H,13,14). The Bertz CT molecular complexity index is 353. The van der Waals surface area contributed by atoms with E-state index in [4.69, 9.17) is 9.84 Å². The molecular formula is C11H12O4. The summed E-state index contributed by atoms with van der Waals surface area (Å²) in [4.78, 5) is 21.2. The van der Waals surface area contributed by atoms with E-state index >= 15 is 0 Å². The number of aliphatic carboxylic acids is 1. The van der Waals surface area contributed by atoms with Crippen LogP contribution in [0.2, 0.25) is 0 Å². The summed E-state index contributed by atoms with van der Waals surface area (Å²) in [5.41, 5.74) is 1.69. The SMILES string of the molecule is COCc1ccc(CC(=O)C(=O)O)cc1. The predicted molar refractivity (Wildman–Crippen MR) is 53.5 cm³/mol. The van der Waals surface area contributed by atoms with E-state index in [2.05, 4.69) is 0 Å². The van der Waals surface area contributed by atoms with Gasteiger partial charge in [0.25, 0.3) is 0 Å². The number of ether oxygens (including phenoxy) is 1. The maximum Gasteiger partial charge on any atom is 0.372 e. The molecule has 0 unspecified atom stereocenters. The van der Waals surface area contributed by atoms with Crippen molar-refractivity contribution in [3.63, 3.8) is 0 Å². The molecule has 15 heavy (non-hydrogen) atoms. The van der Waals surface area contributed by atoms with Gasteiger partial charge in [-0.25, -0.2) is 4.79 Å². The maximum absolute atomic E-state index is 10.9. The molecule has 4 nitrogen and oxygen atoms in total. The summed E-state index contributed by atoms with van der Waals surface area (Å²) < 4.78 is 4.93. The fraction of sp³-hybridized carbons (Fsp3) is 0.273. The van der Waals surface area contributed by atoms with Gasteiger partial charge in [0.2, 0.25) is 5.78 Å². The lowest BCUT2D eigenvalue weighted by Gasteiger charge is -2.01. The number of rotatable bonds is 5. The molecule has 0 aliphatic rings. The molecule has 0 amide bonds. The molecule has 0 aliphatic heterocycles. The maximum atomic E-state index is 10.9. The van der Waals surface area contributed by atoms with Crippen LogP contribution in [0.25, 0.3) is 0 Å². The largest absolute Gasteiger partial charge is 0.475 e. The molecule has 1 N–H and O–H groups in total. The number of carbonyl (C=O) groups excluding carboxylic acids is 1. The van der Waals surface area contributed by atoms with Gasteiger partial charge in [0.1, 0.15) is 0 Å². The van der Waals surface area contributed by atoms with Gasteiger partial charge in [0.15, 0.2) is 0 Å². The van der Waals surface area contributed by atoms with E-state index in [1.807, 2.05) is 12.1 Å². The summed E-state index contributed by atoms with van der Waals surface area (Å²) in [6.45, 7) is 0.507. The lowest BCUT2D eigenvalue weighted by molar-refractivity contribution is -0.148. The Morgan fingerprint density at radius 2 is 1.73 bits per heavy atom. The van der Waals surface area contributed by atoms with Gasteiger partial charge in [-0.15, -0.1) is 0 Å². The van der Waals surface area contributed by atoms with Crippen LogP contribution in [0.1, 0.15) is 11.1 Å². The summed E-state index contributed by atoms with van der Waals surface area (Å²) in [7, 11) is 1.60. The summed E-state index contributed by atoms with van der Waals surface area (Å²) in [5, 5.41) is 8.41. The van der Waals surface area contributed by atoms with Crippen LogP contribution in [-0.2, 0) is 27.4 Å². The third-order valence-electron chi connectivity index (χ3n) is 1.94. The minimum Gasteiger partial charge on any atom is -0.475 e. The summed E-state index contributed by atoms with van der Waals surface area (Å²) in [6, 6.07) is 7.09. The Kier molecular flexibility index (Phi) is 4.00. The Balaban J connectivity index is 2.64. The Morgan fingerprint density at radius 1 is 1.20 bits per heavy atom. The van der Waals surface area contributed by atoms with E-state index in [1.54, 1.807) is 19.2 Å². The number of methoxy groups -OCH3 is 1. The number of hydrogen-bond donors (Lipinski definition) is 1. The van der Waals surface area contributed by atoms with Crippen LogP contribution in [0, 0.1) is 0 Å². The highest BCUT2D eigenvalue weighted by molar-refractivity contribution is 6.33. The minimum atomic E-state index is -1.39. The third-order valence-corrected chi connectivity index (χ3v) is 1.94. The monoisotopic (exact) mass is 208 g/mol. The van der Waals surface area contributed by atoms with Crippen molar-refractivity contribution >= 4 is 11.8 Å². The number of ketones is 1. The molecule has 0 spiro atoms. The molecule has 80 valence electrons. The number of hydrogen-bond acceptors (Lipinski definition) is 3. The highest BCUT2D eigenvalue weighted by Gasteiger charge is 2.11. The number of benzene rings is 1. The molecule has 0 atom stereocenters. The minimum absolute atomic E-state index is 0.0669. The van der Waals surface area contributed by atoms with Crippen molar-refractivity contribution in [1.82, 2.24) is 0 Å². The topological polar surface area (TPSA) is 63.6 Å². The summed E-state index contributed by atoms with van der Waals surface area (Å²) in [6.07, 6.45) is -0.0669. The van der Waals surface area contributed by atoms with Crippen molar-refractivity contribution < 1.29 is 19.4 Å². The van der Waals surface area contributed by atoms with Crippen molar-refractivity contribution in [2.24, 2.45) is 0 Å². The molecule has 0 saturated heterocycles. The smallest absolute Gasteiger partial charge is 0.372 e. The molecule has 1 aromatic rings. The Labute approximate surface area is 87.5 Å². The van der Waals surface area contributed by atoms with Crippen molar-refractivity contribution in [2.45, 2.75) is 13.0 Å². The molecule has 0 radical (unpaired) electrons. The van der Waals surface area contributed by atoms with E-state index in [9.17, 15) is 9.59 Å². The molecule has 0 heterocycles. The van der Waals surface area contributed by atoms with E-state index in [0.29, 0.717) is 12.2 Å². The molecule has 0 bridgehead atoms. The lowest BCUT2D eigenvalue weighted by Crippen LogP contribution is -2.14. The van der Waals surface area contributed by atoms with E-state index in [0.717, 1.165) is 5.56 Å². The fourth-order valence-electron chi connectivity index (χ4n) is 1.18. The van der Waals surface area contributed by atoms with Gasteiger partial charge in [0.05, 0.1) is 6.61 Å². The van der Waals surface area contributed by atoms with Gasteiger partial charge in [-0.1, -0.05) is 24.3 Å². The van der Waals surface area contributed by atoms with Crippen LogP contribution in [0.3, 0.4) is 0 Å². The second kappa shape index (κ2) is 5.26. The normalized spacial score (nSPS) is 9.93. The predicted octanol–water partition coefficient (Wildman–Crippen LogP) is 1.03. The molecule has 0 saturated carbocycles. The van der Waals surface area contributed by atoms with Gasteiger partial charge in [-0.05, 0) is 11.1 Å². The molecular weight excluding hydrogens is 196 g/mol. The van der Waals surface area contributed by atoms with Crippen LogP contribution >= 0.6 is 0 Å². The summed E-state index contributed by atoms with van der Waals surface area (Å²) in [5.74, 6) is -2.19. The van der Waals surface area contributed by atoms with Gasteiger partial charge in [-0.3, -0.25) is 4.79 Å². The average molecular weight is 208 g/mol. The van der Waals surface area contributed by atoms with Gasteiger partial charge in [0, 0.05) is 13.5 Å². The number of Topliss-reactive ketones (excluding diaryl/α,β-unsaturated/α-hetero) is 1. The van der Waals surface area contributed by atoms with Crippen molar-refractivity contribution in [1.29, 1.82) is 0 Å². The second-order valence-electron chi connectivity index (χ2n) is 3.15. The Morgan fingerprint density at radius 3 is 2.20 bits per heavy atom. The van der Waals surface area contributed by atoms with E-state index < -0.39 is 11.8 Å². The first-order valence-corrected chi connectivity index (χ1v) is 4.46. The molecule has 0 fully saturated rings. The van der Waals surface area contributed by atoms with Crippen molar-refractivity contribution in [2.75, 3.05) is 7.11 Å². The van der Waals surface area contributed by atoms with Crippen LogP contribution in [-0.4, -0.2) is 24.0 Å². The molecule has 0 aromatic heterocycles. The molecule has 1 aromatic carbocycles. The summed E-state index contributed by atoms with van der Waals surface area (Å²) >= 11 is 0. The molecule has 4 heteroatoms. The first-order valence-electron chi connectivity index (χ1n) is 4.46. The van der Waals surface area contributed by atoms with Gasteiger partial charge < -0.3 is 9.84 Å². The van der Waals surface area contributed by atoms with Crippen LogP contribution < -0.4 is 0 Å². The number of carbonyl (C=O) groups is 2. The molecule has 0 aliphatic carbocycles. The van der Waals surface area contributed by atoms with Crippen LogP contribution in [0.15, 0.2) is 24.3 Å². The third kappa shape index (κ3) is 3.52. The first-order chi connectivity index (χ1) is 7.13. The highest BCUT2D eigenvalue weighted by atomic mass is 16.5. The zero-order valence-electron chi connectivity index (χ0n) is 8.40. The van der Waals surface area contributed by atoms with Crippen molar-refractivity contribution in [3.8, 4) is 0 Å². The number of carboxylic acids is 1. The fourth-order valence-corrected chi connectivity index (χ4v) is 1.18. The molecule has 1 rings (SSSR count). The van der Waals surface area contributed by atoms with Crippen LogP contribution in [0.4, 0.5) is 0 Å². The van der Waals surface area contributed by atoms with E-state index in [1.165, 1.54) is 0 Å². The van der Waals surface area contributed by atoms with E-state index in [-0.39, 0.29) is 6.42 Å². The average Bonchev–Trinajstić information content (AvgIpc) is 2.21. The zero-order chi connectivity index (χ0) is 11.3. The Hall–Kier alpha value is -1.68. The van der Waals surface area contributed by atoms with Gasteiger partial charge in [-0.2, -0.15) is 0 Å². The second-order valence-corrected chi connectivity index (χ2v) is 3.15. The first kappa shape index (κ1) is 11.4. The number of carboxylic acid groups (broad SMARTS) is 1. The highest BCUT2D eigenvalue weighted by Crippen LogP contribution is 2.06. The van der Waals surface area contributed by atoms with Gasteiger partial charge >= 0.3 is 5.97 Å². The lowest BCUT2D eigenvalue weighted by atomic mass is 10.1.